The quantitative estimate of drug-likeness (QED) is 0.838. The molecule has 2 fully saturated rings. The Morgan fingerprint density at radius 2 is 2.05 bits per heavy atom. The van der Waals surface area contributed by atoms with Crippen LogP contribution in [0.1, 0.15) is 36.0 Å². The summed E-state index contributed by atoms with van der Waals surface area (Å²) >= 11 is 3.25. The molecule has 104 valence electrons. The van der Waals surface area contributed by atoms with E-state index in [2.05, 4.69) is 27.9 Å². The van der Waals surface area contributed by atoms with Gasteiger partial charge in [-0.15, -0.1) is 0 Å². The Hall–Kier alpha value is -0.810. The highest BCUT2D eigenvalue weighted by molar-refractivity contribution is 9.10. The third-order valence-electron chi connectivity index (χ3n) is 4.40. The first-order valence-electron chi connectivity index (χ1n) is 6.92. The van der Waals surface area contributed by atoms with Crippen LogP contribution in [-0.4, -0.2) is 47.9 Å². The van der Waals surface area contributed by atoms with Crippen molar-refractivity contribution in [3.63, 3.8) is 0 Å². The molecule has 2 aliphatic heterocycles. The predicted octanol–water partition coefficient (Wildman–Crippen LogP) is 2.74. The summed E-state index contributed by atoms with van der Waals surface area (Å²) in [6, 6.07) is 2.66. The second-order valence-corrected chi connectivity index (χ2v) is 6.32. The second-order valence-electron chi connectivity index (χ2n) is 5.54. The standard InChI is InChI=1S/C14H19BrN2O2/c1-16-6-2-4-11(16)12-5-3-7-17(12)14(18)10-8-13(15)19-9-10/h8-9,11-12H,2-7H2,1H3. The summed E-state index contributed by atoms with van der Waals surface area (Å²) < 4.78 is 5.80. The average molecular weight is 327 g/mol. The molecule has 0 bridgehead atoms. The third-order valence-corrected chi connectivity index (χ3v) is 4.81. The molecule has 5 heteroatoms. The lowest BCUT2D eigenvalue weighted by molar-refractivity contribution is 0.0664. The number of nitrogens with zero attached hydrogens (tertiary/aromatic N) is 2. The van der Waals surface area contributed by atoms with Crippen LogP contribution >= 0.6 is 15.9 Å². The Morgan fingerprint density at radius 1 is 1.32 bits per heavy atom. The number of carbonyl (C=O) groups is 1. The Balaban J connectivity index is 1.77. The molecular weight excluding hydrogens is 308 g/mol. The molecular formula is C14H19BrN2O2. The van der Waals surface area contributed by atoms with E-state index >= 15 is 0 Å². The monoisotopic (exact) mass is 326 g/mol. The highest BCUT2D eigenvalue weighted by Crippen LogP contribution is 2.30. The topological polar surface area (TPSA) is 36.7 Å². The highest BCUT2D eigenvalue weighted by atomic mass is 79.9. The molecule has 0 aromatic carbocycles. The largest absolute Gasteiger partial charge is 0.457 e. The number of hydrogen-bond acceptors (Lipinski definition) is 3. The Morgan fingerprint density at radius 3 is 2.68 bits per heavy atom. The Bertz CT molecular complexity index is 474. The van der Waals surface area contributed by atoms with E-state index in [1.54, 1.807) is 12.3 Å². The van der Waals surface area contributed by atoms with Gasteiger partial charge in [0.15, 0.2) is 4.67 Å². The highest BCUT2D eigenvalue weighted by Gasteiger charge is 2.38. The fraction of sp³-hybridized carbons (Fsp3) is 0.643. The summed E-state index contributed by atoms with van der Waals surface area (Å²) in [7, 11) is 2.17. The van der Waals surface area contributed by atoms with Crippen LogP contribution in [0.15, 0.2) is 21.4 Å². The zero-order valence-corrected chi connectivity index (χ0v) is 12.7. The molecule has 3 rings (SSSR count). The minimum absolute atomic E-state index is 0.109. The number of rotatable bonds is 2. The average Bonchev–Trinajstić information content (AvgIpc) is 3.07. The van der Waals surface area contributed by atoms with Gasteiger partial charge in [0.2, 0.25) is 0 Å². The van der Waals surface area contributed by atoms with Crippen molar-refractivity contribution < 1.29 is 9.21 Å². The van der Waals surface area contributed by atoms with Gasteiger partial charge in [0.05, 0.1) is 5.56 Å². The van der Waals surface area contributed by atoms with Gasteiger partial charge in [-0.05, 0) is 55.2 Å². The summed E-state index contributed by atoms with van der Waals surface area (Å²) in [4.78, 5) is 17.0. The lowest BCUT2D eigenvalue weighted by Crippen LogP contribution is -2.47. The predicted molar refractivity (Wildman–Crippen MR) is 76.1 cm³/mol. The number of likely N-dealkylation sites (tertiary alicyclic amines) is 2. The van der Waals surface area contributed by atoms with E-state index in [9.17, 15) is 4.79 Å². The number of furan rings is 1. The summed E-state index contributed by atoms with van der Waals surface area (Å²) in [5, 5.41) is 0. The maximum absolute atomic E-state index is 12.6. The molecule has 2 unspecified atom stereocenters. The number of hydrogen-bond donors (Lipinski definition) is 0. The molecule has 0 N–H and O–H groups in total. The molecule has 3 heterocycles. The van der Waals surface area contributed by atoms with Crippen LogP contribution < -0.4 is 0 Å². The van der Waals surface area contributed by atoms with Gasteiger partial charge < -0.3 is 14.2 Å². The number of amides is 1. The van der Waals surface area contributed by atoms with E-state index in [4.69, 9.17) is 4.42 Å². The van der Waals surface area contributed by atoms with Gasteiger partial charge in [-0.2, -0.15) is 0 Å². The number of halogens is 1. The van der Waals surface area contributed by atoms with Crippen molar-refractivity contribution in [3.8, 4) is 0 Å². The summed E-state index contributed by atoms with van der Waals surface area (Å²) in [6.45, 7) is 2.02. The molecule has 1 aromatic heterocycles. The minimum atomic E-state index is 0.109. The van der Waals surface area contributed by atoms with Gasteiger partial charge in [-0.1, -0.05) is 0 Å². The van der Waals surface area contributed by atoms with Gasteiger partial charge in [0.1, 0.15) is 6.26 Å². The molecule has 0 spiro atoms. The molecule has 2 aliphatic rings. The zero-order valence-electron chi connectivity index (χ0n) is 11.1. The van der Waals surface area contributed by atoms with Crippen molar-refractivity contribution in [1.82, 2.24) is 9.80 Å². The first kappa shape index (κ1) is 13.2. The van der Waals surface area contributed by atoms with Crippen molar-refractivity contribution in [3.05, 3.63) is 22.6 Å². The van der Waals surface area contributed by atoms with E-state index in [1.165, 1.54) is 12.8 Å². The van der Waals surface area contributed by atoms with E-state index in [0.29, 0.717) is 22.3 Å². The minimum Gasteiger partial charge on any atom is -0.457 e. The lowest BCUT2D eigenvalue weighted by atomic mass is 10.0. The smallest absolute Gasteiger partial charge is 0.257 e. The van der Waals surface area contributed by atoms with Crippen LogP contribution in [0.25, 0.3) is 0 Å². The van der Waals surface area contributed by atoms with E-state index in [1.807, 2.05) is 4.90 Å². The fourth-order valence-electron chi connectivity index (χ4n) is 3.45. The molecule has 2 saturated heterocycles. The Labute approximate surface area is 121 Å². The van der Waals surface area contributed by atoms with Gasteiger partial charge in [0, 0.05) is 24.7 Å². The maximum atomic E-state index is 12.6. The summed E-state index contributed by atoms with van der Waals surface area (Å²) in [6.07, 6.45) is 6.23. The van der Waals surface area contributed by atoms with E-state index in [0.717, 1.165) is 25.9 Å². The maximum Gasteiger partial charge on any atom is 0.257 e. The fourth-order valence-corrected chi connectivity index (χ4v) is 3.79. The lowest BCUT2D eigenvalue weighted by Gasteiger charge is -2.33. The molecule has 0 radical (unpaired) electrons. The second kappa shape index (κ2) is 5.29. The zero-order chi connectivity index (χ0) is 13.4. The molecule has 0 aliphatic carbocycles. The molecule has 4 nitrogen and oxygen atoms in total. The van der Waals surface area contributed by atoms with Crippen LogP contribution in [-0.2, 0) is 0 Å². The summed E-state index contributed by atoms with van der Waals surface area (Å²) in [5.41, 5.74) is 0.652. The van der Waals surface area contributed by atoms with Crippen molar-refractivity contribution >= 4 is 21.8 Å². The van der Waals surface area contributed by atoms with Crippen molar-refractivity contribution in [1.29, 1.82) is 0 Å². The van der Waals surface area contributed by atoms with Crippen LogP contribution in [0, 0.1) is 0 Å². The number of likely N-dealkylation sites (N-methyl/N-ethyl adjacent to an activating group) is 1. The van der Waals surface area contributed by atoms with Crippen LogP contribution in [0.4, 0.5) is 0 Å². The first-order chi connectivity index (χ1) is 9.16. The normalized spacial score (nSPS) is 28.2. The summed E-state index contributed by atoms with van der Waals surface area (Å²) in [5.74, 6) is 0.109. The number of carbonyl (C=O) groups excluding carboxylic acids is 1. The van der Waals surface area contributed by atoms with Crippen LogP contribution in [0.5, 0.6) is 0 Å². The third kappa shape index (κ3) is 2.46. The molecule has 1 amide bonds. The van der Waals surface area contributed by atoms with Crippen LogP contribution in [0.3, 0.4) is 0 Å². The van der Waals surface area contributed by atoms with Gasteiger partial charge in [0.25, 0.3) is 5.91 Å². The molecule has 2 atom stereocenters. The van der Waals surface area contributed by atoms with Gasteiger partial charge in [-0.3, -0.25) is 4.79 Å². The van der Waals surface area contributed by atoms with Crippen LogP contribution in [0.2, 0.25) is 0 Å². The van der Waals surface area contributed by atoms with E-state index in [-0.39, 0.29) is 5.91 Å². The van der Waals surface area contributed by atoms with Gasteiger partial charge in [-0.25, -0.2) is 0 Å². The van der Waals surface area contributed by atoms with Crippen molar-refractivity contribution in [2.45, 2.75) is 37.8 Å². The van der Waals surface area contributed by atoms with Crippen molar-refractivity contribution in [2.24, 2.45) is 0 Å². The Kier molecular flexibility index (Phi) is 3.67. The SMILES string of the molecule is CN1CCCC1C1CCCN1C(=O)c1coc(Br)c1. The molecule has 19 heavy (non-hydrogen) atoms. The first-order valence-corrected chi connectivity index (χ1v) is 7.71. The molecule has 1 aromatic rings. The van der Waals surface area contributed by atoms with E-state index < -0.39 is 0 Å². The van der Waals surface area contributed by atoms with Gasteiger partial charge >= 0.3 is 0 Å². The molecule has 0 saturated carbocycles. The van der Waals surface area contributed by atoms with Crippen molar-refractivity contribution in [2.75, 3.05) is 20.1 Å².